The van der Waals surface area contributed by atoms with Gasteiger partial charge in [0, 0.05) is 0 Å². The lowest BCUT2D eigenvalue weighted by Gasteiger charge is -2.14. The Kier molecular flexibility index (Phi) is 4.38. The molecule has 0 aliphatic heterocycles. The molecule has 0 saturated carbocycles. The Bertz CT molecular complexity index is 597. The Hall–Kier alpha value is -2.33. The van der Waals surface area contributed by atoms with Crippen LogP contribution in [0.5, 0.6) is 5.75 Å². The van der Waals surface area contributed by atoms with Gasteiger partial charge in [-0.3, -0.25) is 4.79 Å². The van der Waals surface area contributed by atoms with E-state index in [-0.39, 0.29) is 11.7 Å². The van der Waals surface area contributed by atoms with Crippen molar-refractivity contribution in [3.05, 3.63) is 59.7 Å². The molecule has 2 rings (SSSR count). The van der Waals surface area contributed by atoms with E-state index in [0.717, 1.165) is 5.56 Å². The number of amides is 1. The first-order valence-electron chi connectivity index (χ1n) is 6.47. The summed E-state index contributed by atoms with van der Waals surface area (Å²) in [6.07, 6.45) is 0.458. The lowest BCUT2D eigenvalue weighted by Crippen LogP contribution is -2.37. The second kappa shape index (κ2) is 6.21. The fourth-order valence-corrected chi connectivity index (χ4v) is 1.95. The van der Waals surface area contributed by atoms with Gasteiger partial charge in [0.05, 0.1) is 11.7 Å². The molecule has 4 nitrogen and oxygen atoms in total. The molecule has 1 atom stereocenters. The van der Waals surface area contributed by atoms with Gasteiger partial charge in [0.1, 0.15) is 5.75 Å². The monoisotopic (exact) mass is 270 g/mol. The molecular formula is C16H18N2O2. The molecule has 0 aliphatic carbocycles. The number of rotatable bonds is 4. The largest absolute Gasteiger partial charge is 0.505 e. The summed E-state index contributed by atoms with van der Waals surface area (Å²) in [5, 5.41) is 12.5. The highest BCUT2D eigenvalue weighted by atomic mass is 16.3. The van der Waals surface area contributed by atoms with Crippen molar-refractivity contribution in [1.82, 2.24) is 0 Å². The molecule has 0 spiro atoms. The first-order valence-corrected chi connectivity index (χ1v) is 6.47. The molecule has 2 aromatic rings. The maximum atomic E-state index is 12.0. The van der Waals surface area contributed by atoms with E-state index in [9.17, 15) is 9.90 Å². The quantitative estimate of drug-likeness (QED) is 0.746. The topological polar surface area (TPSA) is 75.4 Å². The minimum absolute atomic E-state index is 0.0766. The van der Waals surface area contributed by atoms with Crippen LogP contribution in [-0.4, -0.2) is 17.1 Å². The average Bonchev–Trinajstić information content (AvgIpc) is 2.45. The fraction of sp³-hybridized carbons (Fsp3) is 0.188. The first kappa shape index (κ1) is 14.1. The van der Waals surface area contributed by atoms with Crippen molar-refractivity contribution in [2.45, 2.75) is 19.4 Å². The summed E-state index contributed by atoms with van der Waals surface area (Å²) in [6.45, 7) is 1.77. The van der Waals surface area contributed by atoms with E-state index >= 15 is 0 Å². The fourth-order valence-electron chi connectivity index (χ4n) is 1.95. The Labute approximate surface area is 118 Å². The van der Waals surface area contributed by atoms with Gasteiger partial charge in [0.2, 0.25) is 5.91 Å². The number of aromatic hydroxyl groups is 1. The number of hydrogen-bond acceptors (Lipinski definition) is 3. The van der Waals surface area contributed by atoms with Crippen LogP contribution in [0, 0.1) is 6.92 Å². The standard InChI is InChI=1S/C16H18N2O2/c1-11-6-5-9-14(15(11)19)18-16(20)13(17)10-12-7-3-2-4-8-12/h2-9,13,19H,10,17H2,1H3,(H,18,20)/t13-/m1/s1. The number of phenolic OH excluding ortho intramolecular Hbond substituents is 1. The van der Waals surface area contributed by atoms with Gasteiger partial charge in [-0.2, -0.15) is 0 Å². The second-order valence-electron chi connectivity index (χ2n) is 4.76. The van der Waals surface area contributed by atoms with Gasteiger partial charge in [-0.1, -0.05) is 42.5 Å². The molecule has 1 amide bonds. The van der Waals surface area contributed by atoms with Crippen molar-refractivity contribution in [3.63, 3.8) is 0 Å². The Morgan fingerprint density at radius 3 is 2.60 bits per heavy atom. The van der Waals surface area contributed by atoms with E-state index in [1.165, 1.54) is 0 Å². The third kappa shape index (κ3) is 3.36. The number of hydrogen-bond donors (Lipinski definition) is 3. The normalized spacial score (nSPS) is 11.9. The summed E-state index contributed by atoms with van der Waals surface area (Å²) < 4.78 is 0. The smallest absolute Gasteiger partial charge is 0.241 e. The van der Waals surface area contributed by atoms with Gasteiger partial charge in [-0.05, 0) is 30.5 Å². The van der Waals surface area contributed by atoms with Gasteiger partial charge in [-0.25, -0.2) is 0 Å². The lowest BCUT2D eigenvalue weighted by atomic mass is 10.1. The zero-order chi connectivity index (χ0) is 14.5. The van der Waals surface area contributed by atoms with Crippen LogP contribution in [0.1, 0.15) is 11.1 Å². The molecule has 4 N–H and O–H groups in total. The Balaban J connectivity index is 2.03. The van der Waals surface area contributed by atoms with Crippen molar-refractivity contribution in [2.24, 2.45) is 5.73 Å². The number of para-hydroxylation sites is 1. The van der Waals surface area contributed by atoms with Crippen LogP contribution in [0.15, 0.2) is 48.5 Å². The van der Waals surface area contributed by atoms with Crippen LogP contribution in [0.4, 0.5) is 5.69 Å². The summed E-state index contributed by atoms with van der Waals surface area (Å²) in [5.74, 6) is -0.234. The van der Waals surface area contributed by atoms with Crippen LogP contribution in [0.2, 0.25) is 0 Å². The van der Waals surface area contributed by atoms with Crippen molar-refractivity contribution in [3.8, 4) is 5.75 Å². The molecular weight excluding hydrogens is 252 g/mol. The van der Waals surface area contributed by atoms with Gasteiger partial charge in [0.15, 0.2) is 0 Å². The molecule has 0 heterocycles. The van der Waals surface area contributed by atoms with Gasteiger partial charge < -0.3 is 16.2 Å². The van der Waals surface area contributed by atoms with Gasteiger partial charge in [0.25, 0.3) is 0 Å². The number of phenols is 1. The van der Waals surface area contributed by atoms with Gasteiger partial charge in [-0.15, -0.1) is 0 Å². The molecule has 0 bridgehead atoms. The third-order valence-corrected chi connectivity index (χ3v) is 3.13. The van der Waals surface area contributed by atoms with E-state index < -0.39 is 6.04 Å². The van der Waals surface area contributed by atoms with Crippen molar-refractivity contribution >= 4 is 11.6 Å². The molecule has 0 aliphatic rings. The maximum Gasteiger partial charge on any atom is 0.241 e. The third-order valence-electron chi connectivity index (χ3n) is 3.13. The van der Waals surface area contributed by atoms with Crippen LogP contribution in [0.3, 0.4) is 0 Å². The van der Waals surface area contributed by atoms with E-state index in [0.29, 0.717) is 17.7 Å². The number of nitrogens with one attached hydrogen (secondary N) is 1. The van der Waals surface area contributed by atoms with E-state index in [4.69, 9.17) is 5.73 Å². The van der Waals surface area contributed by atoms with Gasteiger partial charge >= 0.3 is 0 Å². The predicted octanol–water partition coefficient (Wildman–Crippen LogP) is 2.21. The zero-order valence-electron chi connectivity index (χ0n) is 11.3. The molecule has 0 unspecified atom stereocenters. The van der Waals surface area contributed by atoms with Crippen LogP contribution in [0.25, 0.3) is 0 Å². The summed E-state index contributed by atoms with van der Waals surface area (Å²) >= 11 is 0. The molecule has 104 valence electrons. The number of carbonyl (C=O) groups excluding carboxylic acids is 1. The SMILES string of the molecule is Cc1cccc(NC(=O)[C@H](N)Cc2ccccc2)c1O. The van der Waals surface area contributed by atoms with Crippen LogP contribution < -0.4 is 11.1 Å². The Morgan fingerprint density at radius 1 is 1.20 bits per heavy atom. The summed E-state index contributed by atoms with van der Waals surface area (Å²) in [5.41, 5.74) is 7.99. The van der Waals surface area contributed by atoms with Crippen molar-refractivity contribution in [2.75, 3.05) is 5.32 Å². The zero-order valence-corrected chi connectivity index (χ0v) is 11.3. The first-order chi connectivity index (χ1) is 9.58. The highest BCUT2D eigenvalue weighted by molar-refractivity contribution is 5.96. The summed E-state index contributed by atoms with van der Waals surface area (Å²) in [4.78, 5) is 12.0. The average molecular weight is 270 g/mol. The predicted molar refractivity (Wildman–Crippen MR) is 79.6 cm³/mol. The molecule has 0 radical (unpaired) electrons. The van der Waals surface area contributed by atoms with E-state index in [1.807, 2.05) is 30.3 Å². The second-order valence-corrected chi connectivity index (χ2v) is 4.76. The number of anilines is 1. The van der Waals surface area contributed by atoms with Crippen molar-refractivity contribution in [1.29, 1.82) is 0 Å². The van der Waals surface area contributed by atoms with Crippen LogP contribution >= 0.6 is 0 Å². The molecule has 0 saturated heterocycles. The number of aryl methyl sites for hydroxylation is 1. The molecule has 20 heavy (non-hydrogen) atoms. The van der Waals surface area contributed by atoms with Crippen molar-refractivity contribution < 1.29 is 9.90 Å². The molecule has 0 fully saturated rings. The summed E-state index contributed by atoms with van der Waals surface area (Å²) in [7, 11) is 0. The Morgan fingerprint density at radius 2 is 1.90 bits per heavy atom. The lowest BCUT2D eigenvalue weighted by molar-refractivity contribution is -0.117. The van der Waals surface area contributed by atoms with E-state index in [1.54, 1.807) is 25.1 Å². The maximum absolute atomic E-state index is 12.0. The number of nitrogens with two attached hydrogens (primary N) is 1. The highest BCUT2D eigenvalue weighted by Crippen LogP contribution is 2.26. The molecule has 0 aromatic heterocycles. The number of benzene rings is 2. The molecule has 4 heteroatoms. The van der Waals surface area contributed by atoms with E-state index in [2.05, 4.69) is 5.32 Å². The number of carbonyl (C=O) groups is 1. The minimum atomic E-state index is -0.655. The minimum Gasteiger partial charge on any atom is -0.505 e. The van der Waals surface area contributed by atoms with Crippen LogP contribution in [-0.2, 0) is 11.2 Å². The highest BCUT2D eigenvalue weighted by Gasteiger charge is 2.16. The summed E-state index contributed by atoms with van der Waals surface area (Å²) in [6, 6.07) is 14.1. The molecule has 2 aromatic carbocycles.